The van der Waals surface area contributed by atoms with Gasteiger partial charge in [0.05, 0.1) is 5.56 Å². The number of nitrogens with zero attached hydrogens (tertiary/aromatic N) is 1. The smallest absolute Gasteiger partial charge is 0.296 e. The minimum atomic E-state index is -0.627. The number of ketones is 1. The first-order valence-corrected chi connectivity index (χ1v) is 8.99. The number of anilines is 1. The average Bonchev–Trinajstić information content (AvgIpc) is 3.07. The van der Waals surface area contributed by atoms with Crippen molar-refractivity contribution < 1.29 is 9.59 Å². The Balaban J connectivity index is 1.71. The lowest BCUT2D eigenvalue weighted by Gasteiger charge is -2.08. The molecule has 4 aromatic rings. The largest absolute Gasteiger partial charge is 0.344 e. The quantitative estimate of drug-likeness (QED) is 0.404. The molecule has 1 amide bonds. The number of nitrogens with one attached hydrogen (secondary N) is 1. The molecule has 0 saturated carbocycles. The van der Waals surface area contributed by atoms with E-state index in [4.69, 9.17) is 0 Å². The van der Waals surface area contributed by atoms with E-state index < -0.39 is 11.7 Å². The van der Waals surface area contributed by atoms with E-state index in [1.165, 1.54) is 0 Å². The molecule has 0 radical (unpaired) electrons. The fourth-order valence-electron chi connectivity index (χ4n) is 3.45. The van der Waals surface area contributed by atoms with Gasteiger partial charge in [0.1, 0.15) is 0 Å². The number of rotatable bonds is 4. The minimum Gasteiger partial charge on any atom is -0.344 e. The third-order valence-corrected chi connectivity index (χ3v) is 4.79. The van der Waals surface area contributed by atoms with E-state index in [0.717, 1.165) is 21.7 Å². The Kier molecular flexibility index (Phi) is 4.24. The van der Waals surface area contributed by atoms with E-state index in [1.54, 1.807) is 6.20 Å². The molecule has 0 atom stereocenters. The van der Waals surface area contributed by atoms with Crippen LogP contribution in [0, 0.1) is 0 Å². The Labute approximate surface area is 157 Å². The first kappa shape index (κ1) is 17.0. The van der Waals surface area contributed by atoms with Crippen LogP contribution in [0.2, 0.25) is 0 Å². The van der Waals surface area contributed by atoms with Gasteiger partial charge in [-0.1, -0.05) is 54.6 Å². The van der Waals surface area contributed by atoms with Crippen molar-refractivity contribution in [3.63, 3.8) is 0 Å². The normalized spacial score (nSPS) is 11.2. The Morgan fingerprint density at radius 3 is 2.30 bits per heavy atom. The molecule has 0 saturated heterocycles. The zero-order valence-corrected chi connectivity index (χ0v) is 15.3. The zero-order valence-electron chi connectivity index (χ0n) is 15.3. The second-order valence-corrected chi connectivity index (χ2v) is 6.87. The van der Waals surface area contributed by atoms with Gasteiger partial charge in [-0.2, -0.15) is 0 Å². The maximum atomic E-state index is 12.9. The van der Waals surface area contributed by atoms with Crippen molar-refractivity contribution in [3.05, 3.63) is 78.5 Å². The first-order chi connectivity index (χ1) is 13.1. The minimum absolute atomic E-state index is 0.192. The van der Waals surface area contributed by atoms with Gasteiger partial charge in [-0.3, -0.25) is 9.59 Å². The van der Waals surface area contributed by atoms with Crippen molar-refractivity contribution in [2.75, 3.05) is 5.32 Å². The molecular formula is C23H20N2O2. The van der Waals surface area contributed by atoms with Gasteiger partial charge in [-0.05, 0) is 31.4 Å². The predicted octanol–water partition coefficient (Wildman–Crippen LogP) is 5.20. The molecule has 0 aliphatic carbocycles. The van der Waals surface area contributed by atoms with Crippen LogP contribution < -0.4 is 5.32 Å². The maximum absolute atomic E-state index is 12.9. The van der Waals surface area contributed by atoms with Crippen molar-refractivity contribution in [1.82, 2.24) is 4.57 Å². The number of fused-ring (bicyclic) bond motifs is 2. The van der Waals surface area contributed by atoms with Gasteiger partial charge in [0.15, 0.2) is 0 Å². The molecule has 1 aromatic heterocycles. The second-order valence-electron chi connectivity index (χ2n) is 6.87. The summed E-state index contributed by atoms with van der Waals surface area (Å²) in [6, 6.07) is 21.3. The fraction of sp³-hybridized carbons (Fsp3) is 0.130. The van der Waals surface area contributed by atoms with Crippen LogP contribution in [0.15, 0.2) is 72.9 Å². The standard InChI is InChI=1S/C23H20N2O2/c1-15(2)25-14-19(18-11-5-6-13-21(18)25)22(26)23(27)24-20-12-7-9-16-8-3-4-10-17(16)20/h3-15H,1-2H3,(H,24,27). The summed E-state index contributed by atoms with van der Waals surface area (Å²) in [6.45, 7) is 4.10. The molecular weight excluding hydrogens is 336 g/mol. The highest BCUT2D eigenvalue weighted by Crippen LogP contribution is 2.26. The highest BCUT2D eigenvalue weighted by atomic mass is 16.2. The monoisotopic (exact) mass is 356 g/mol. The molecule has 0 aliphatic rings. The third kappa shape index (κ3) is 2.99. The van der Waals surface area contributed by atoms with E-state index in [0.29, 0.717) is 11.3 Å². The van der Waals surface area contributed by atoms with Crippen LogP contribution in [0.4, 0.5) is 5.69 Å². The highest BCUT2D eigenvalue weighted by Gasteiger charge is 2.22. The Hall–Kier alpha value is -3.40. The number of para-hydroxylation sites is 1. The van der Waals surface area contributed by atoms with Crippen LogP contribution in [0.5, 0.6) is 0 Å². The third-order valence-electron chi connectivity index (χ3n) is 4.79. The molecule has 0 aliphatic heterocycles. The van der Waals surface area contributed by atoms with Crippen molar-refractivity contribution >= 4 is 39.1 Å². The van der Waals surface area contributed by atoms with Gasteiger partial charge in [-0.15, -0.1) is 0 Å². The molecule has 3 aromatic carbocycles. The first-order valence-electron chi connectivity index (χ1n) is 8.99. The second kappa shape index (κ2) is 6.72. The number of carbonyl (C=O) groups is 2. The molecule has 1 heterocycles. The van der Waals surface area contributed by atoms with Crippen LogP contribution in [-0.2, 0) is 4.79 Å². The number of hydrogen-bond donors (Lipinski definition) is 1. The summed E-state index contributed by atoms with van der Waals surface area (Å²) < 4.78 is 2.02. The molecule has 134 valence electrons. The number of carbonyl (C=O) groups excluding carboxylic acids is 2. The summed E-state index contributed by atoms with van der Waals surface area (Å²) in [5.41, 5.74) is 2.02. The van der Waals surface area contributed by atoms with E-state index >= 15 is 0 Å². The summed E-state index contributed by atoms with van der Waals surface area (Å²) >= 11 is 0. The van der Waals surface area contributed by atoms with Crippen molar-refractivity contribution in [3.8, 4) is 0 Å². The lowest BCUT2D eigenvalue weighted by molar-refractivity contribution is -0.112. The number of benzene rings is 3. The predicted molar refractivity (Wildman–Crippen MR) is 109 cm³/mol. The number of aromatic nitrogens is 1. The van der Waals surface area contributed by atoms with Crippen LogP contribution in [-0.4, -0.2) is 16.3 Å². The number of hydrogen-bond acceptors (Lipinski definition) is 2. The highest BCUT2D eigenvalue weighted by molar-refractivity contribution is 6.48. The SMILES string of the molecule is CC(C)n1cc(C(=O)C(=O)Nc2cccc3ccccc23)c2ccccc21. The molecule has 1 N–H and O–H groups in total. The van der Waals surface area contributed by atoms with E-state index in [1.807, 2.05) is 71.3 Å². The van der Waals surface area contributed by atoms with Crippen molar-refractivity contribution in [2.24, 2.45) is 0 Å². The van der Waals surface area contributed by atoms with Crippen LogP contribution in [0.25, 0.3) is 21.7 Å². The summed E-state index contributed by atoms with van der Waals surface area (Å²) in [5.74, 6) is -1.16. The summed E-state index contributed by atoms with van der Waals surface area (Å²) in [7, 11) is 0. The van der Waals surface area contributed by atoms with E-state index in [9.17, 15) is 9.59 Å². The van der Waals surface area contributed by atoms with Crippen LogP contribution in [0.3, 0.4) is 0 Å². The Morgan fingerprint density at radius 1 is 0.852 bits per heavy atom. The zero-order chi connectivity index (χ0) is 19.0. The van der Waals surface area contributed by atoms with Crippen molar-refractivity contribution in [1.29, 1.82) is 0 Å². The van der Waals surface area contributed by atoms with Gasteiger partial charge < -0.3 is 9.88 Å². The topological polar surface area (TPSA) is 51.1 Å². The fourth-order valence-corrected chi connectivity index (χ4v) is 3.45. The van der Waals surface area contributed by atoms with Gasteiger partial charge in [-0.25, -0.2) is 0 Å². The number of Topliss-reactive ketones (excluding diaryl/α,β-unsaturated/α-hetero) is 1. The maximum Gasteiger partial charge on any atom is 0.296 e. The Bertz CT molecular complexity index is 1170. The average molecular weight is 356 g/mol. The molecule has 0 bridgehead atoms. The van der Waals surface area contributed by atoms with Crippen molar-refractivity contribution in [2.45, 2.75) is 19.9 Å². The van der Waals surface area contributed by atoms with Gasteiger partial charge in [0.25, 0.3) is 11.7 Å². The van der Waals surface area contributed by atoms with E-state index in [2.05, 4.69) is 19.2 Å². The summed E-state index contributed by atoms with van der Waals surface area (Å²) in [6.07, 6.45) is 1.78. The Morgan fingerprint density at radius 2 is 1.52 bits per heavy atom. The molecule has 27 heavy (non-hydrogen) atoms. The van der Waals surface area contributed by atoms with Crippen LogP contribution in [0.1, 0.15) is 30.2 Å². The van der Waals surface area contributed by atoms with E-state index in [-0.39, 0.29) is 6.04 Å². The molecule has 4 heteroatoms. The van der Waals surface area contributed by atoms with Crippen LogP contribution >= 0.6 is 0 Å². The van der Waals surface area contributed by atoms with Gasteiger partial charge >= 0.3 is 0 Å². The molecule has 4 nitrogen and oxygen atoms in total. The summed E-state index contributed by atoms with van der Waals surface area (Å²) in [5, 5.41) is 5.51. The summed E-state index contributed by atoms with van der Waals surface area (Å²) in [4.78, 5) is 25.6. The molecule has 0 unspecified atom stereocenters. The van der Waals surface area contributed by atoms with Gasteiger partial charge in [0.2, 0.25) is 0 Å². The molecule has 4 rings (SSSR count). The van der Waals surface area contributed by atoms with Gasteiger partial charge in [0, 0.05) is 34.2 Å². The lowest BCUT2D eigenvalue weighted by atomic mass is 10.1. The molecule has 0 spiro atoms. The lowest BCUT2D eigenvalue weighted by Crippen LogP contribution is -2.22. The molecule has 0 fully saturated rings. The number of amides is 1.